The summed E-state index contributed by atoms with van der Waals surface area (Å²) in [6, 6.07) is 16.4. The highest BCUT2D eigenvalue weighted by molar-refractivity contribution is 5.82. The number of nitrogens with zero attached hydrogens (tertiary/aromatic N) is 2. The van der Waals surface area contributed by atoms with Crippen LogP contribution in [0.3, 0.4) is 0 Å². The first-order chi connectivity index (χ1) is 9.78. The van der Waals surface area contributed by atoms with Gasteiger partial charge < -0.3 is 0 Å². The van der Waals surface area contributed by atoms with Crippen LogP contribution in [-0.2, 0) is 6.42 Å². The average molecular weight is 262 g/mol. The maximum absolute atomic E-state index is 4.06. The molecule has 0 bridgehead atoms. The quantitative estimate of drug-likeness (QED) is 0.439. The molecule has 0 aromatic heterocycles. The van der Waals surface area contributed by atoms with Crippen molar-refractivity contribution in [3.63, 3.8) is 0 Å². The van der Waals surface area contributed by atoms with E-state index in [9.17, 15) is 0 Å². The second-order valence-corrected chi connectivity index (χ2v) is 4.63. The molecule has 2 heteroatoms. The summed E-state index contributed by atoms with van der Waals surface area (Å²) in [4.78, 5) is 0. The van der Waals surface area contributed by atoms with Crippen molar-refractivity contribution in [2.75, 3.05) is 0 Å². The number of hydrogen-bond donors (Lipinski definition) is 0. The average Bonchev–Trinajstić information content (AvgIpc) is 2.47. The summed E-state index contributed by atoms with van der Waals surface area (Å²) in [5, 5.41) is 8.11. The van der Waals surface area contributed by atoms with Gasteiger partial charge >= 0.3 is 0 Å². The monoisotopic (exact) mass is 262 g/mol. The van der Waals surface area contributed by atoms with Gasteiger partial charge in [-0.3, -0.25) is 0 Å². The van der Waals surface area contributed by atoms with Gasteiger partial charge in [0.05, 0.1) is 12.4 Å². The molecule has 0 spiro atoms. The van der Waals surface area contributed by atoms with Gasteiger partial charge in [0.25, 0.3) is 0 Å². The number of rotatable bonds is 5. The van der Waals surface area contributed by atoms with Gasteiger partial charge in [0.2, 0.25) is 0 Å². The molecule has 0 saturated carbocycles. The molecule has 0 heterocycles. The lowest BCUT2D eigenvalue weighted by atomic mass is 10.1. The van der Waals surface area contributed by atoms with Crippen LogP contribution >= 0.6 is 0 Å². The van der Waals surface area contributed by atoms with Gasteiger partial charge in [0.1, 0.15) is 0 Å². The van der Waals surface area contributed by atoms with Crippen LogP contribution in [0.15, 0.2) is 71.4 Å². The van der Waals surface area contributed by atoms with Crippen molar-refractivity contribution in [1.82, 2.24) is 0 Å². The molecular formula is C18H18N2. The molecule has 0 unspecified atom stereocenters. The fraction of sp³-hybridized carbons (Fsp3) is 0.111. The Morgan fingerprint density at radius 2 is 1.35 bits per heavy atom. The molecule has 2 aromatic rings. The van der Waals surface area contributed by atoms with Gasteiger partial charge in [-0.15, -0.1) is 6.58 Å². The second-order valence-electron chi connectivity index (χ2n) is 4.63. The Morgan fingerprint density at radius 3 is 1.85 bits per heavy atom. The summed E-state index contributed by atoms with van der Waals surface area (Å²) < 4.78 is 0. The molecule has 20 heavy (non-hydrogen) atoms. The smallest absolute Gasteiger partial charge is 0.0568 e. The molecule has 0 saturated heterocycles. The van der Waals surface area contributed by atoms with Gasteiger partial charge in [-0.1, -0.05) is 60.2 Å². The van der Waals surface area contributed by atoms with Crippen LogP contribution in [-0.4, -0.2) is 12.4 Å². The van der Waals surface area contributed by atoms with Crippen LogP contribution in [0.5, 0.6) is 0 Å². The SMILES string of the molecule is C=CCc1ccc(C=NN=Cc2ccc(C)cc2)cc1. The third kappa shape index (κ3) is 4.32. The highest BCUT2D eigenvalue weighted by Crippen LogP contribution is 2.04. The topological polar surface area (TPSA) is 24.7 Å². The van der Waals surface area contributed by atoms with Crippen LogP contribution in [0.4, 0.5) is 0 Å². The molecule has 0 amide bonds. The van der Waals surface area contributed by atoms with Crippen molar-refractivity contribution < 1.29 is 0 Å². The van der Waals surface area contributed by atoms with E-state index in [1.54, 1.807) is 12.4 Å². The van der Waals surface area contributed by atoms with Crippen molar-refractivity contribution >= 4 is 12.4 Å². The minimum atomic E-state index is 0.892. The summed E-state index contributed by atoms with van der Waals surface area (Å²) in [6.45, 7) is 5.79. The summed E-state index contributed by atoms with van der Waals surface area (Å²) in [5.74, 6) is 0. The van der Waals surface area contributed by atoms with E-state index < -0.39 is 0 Å². The summed E-state index contributed by atoms with van der Waals surface area (Å²) >= 11 is 0. The van der Waals surface area contributed by atoms with Gasteiger partial charge in [-0.2, -0.15) is 10.2 Å². The van der Waals surface area contributed by atoms with Crippen molar-refractivity contribution in [3.05, 3.63) is 83.4 Å². The van der Waals surface area contributed by atoms with Crippen LogP contribution in [0, 0.1) is 6.92 Å². The summed E-state index contributed by atoms with van der Waals surface area (Å²) in [5.41, 5.74) is 4.58. The van der Waals surface area contributed by atoms with Gasteiger partial charge in [-0.05, 0) is 30.0 Å². The van der Waals surface area contributed by atoms with Gasteiger partial charge in [-0.25, -0.2) is 0 Å². The lowest BCUT2D eigenvalue weighted by Gasteiger charge is -1.96. The molecule has 0 N–H and O–H groups in total. The Kier molecular flexibility index (Phi) is 5.01. The predicted octanol–water partition coefficient (Wildman–Crippen LogP) is 4.18. The predicted molar refractivity (Wildman–Crippen MR) is 86.7 cm³/mol. The highest BCUT2D eigenvalue weighted by atomic mass is 15.2. The number of benzene rings is 2. The first-order valence-corrected chi connectivity index (χ1v) is 6.61. The number of aryl methyl sites for hydroxylation is 1. The zero-order chi connectivity index (χ0) is 14.2. The second kappa shape index (κ2) is 7.19. The molecule has 0 aliphatic carbocycles. The van der Waals surface area contributed by atoms with Crippen molar-refractivity contribution in [2.24, 2.45) is 10.2 Å². The first kappa shape index (κ1) is 13.9. The standard InChI is InChI=1S/C18H18N2/c1-3-4-16-9-11-18(12-10-16)14-20-19-13-17-7-5-15(2)6-8-17/h3,5-14H,1,4H2,2H3. The molecular weight excluding hydrogens is 244 g/mol. The van der Waals surface area contributed by atoms with Crippen LogP contribution in [0.25, 0.3) is 0 Å². The highest BCUT2D eigenvalue weighted by Gasteiger charge is 1.90. The third-order valence-corrected chi connectivity index (χ3v) is 2.92. The number of hydrogen-bond acceptors (Lipinski definition) is 2. The van der Waals surface area contributed by atoms with Crippen molar-refractivity contribution in [3.8, 4) is 0 Å². The molecule has 0 atom stereocenters. The zero-order valence-corrected chi connectivity index (χ0v) is 11.7. The normalized spacial score (nSPS) is 11.2. The largest absolute Gasteiger partial charge is 0.159 e. The van der Waals surface area contributed by atoms with E-state index in [1.165, 1.54) is 11.1 Å². The fourth-order valence-corrected chi connectivity index (χ4v) is 1.76. The van der Waals surface area contributed by atoms with E-state index in [-0.39, 0.29) is 0 Å². The van der Waals surface area contributed by atoms with E-state index >= 15 is 0 Å². The lowest BCUT2D eigenvalue weighted by Crippen LogP contribution is -1.84. The first-order valence-electron chi connectivity index (χ1n) is 6.61. The van der Waals surface area contributed by atoms with E-state index in [2.05, 4.69) is 48.0 Å². The molecule has 2 nitrogen and oxygen atoms in total. The van der Waals surface area contributed by atoms with E-state index in [4.69, 9.17) is 0 Å². The van der Waals surface area contributed by atoms with Crippen LogP contribution in [0.1, 0.15) is 22.3 Å². The van der Waals surface area contributed by atoms with E-state index in [1.807, 2.05) is 30.3 Å². The van der Waals surface area contributed by atoms with Crippen molar-refractivity contribution in [2.45, 2.75) is 13.3 Å². The Morgan fingerprint density at radius 1 is 0.850 bits per heavy atom. The van der Waals surface area contributed by atoms with E-state index in [0.717, 1.165) is 17.5 Å². The van der Waals surface area contributed by atoms with Gasteiger partial charge in [0.15, 0.2) is 0 Å². The fourth-order valence-electron chi connectivity index (χ4n) is 1.76. The van der Waals surface area contributed by atoms with Gasteiger partial charge in [0, 0.05) is 0 Å². The zero-order valence-electron chi connectivity index (χ0n) is 11.7. The third-order valence-electron chi connectivity index (χ3n) is 2.92. The Hall–Kier alpha value is -2.48. The Balaban J connectivity index is 1.95. The van der Waals surface area contributed by atoms with Crippen molar-refractivity contribution in [1.29, 1.82) is 0 Å². The molecule has 0 aliphatic heterocycles. The van der Waals surface area contributed by atoms with Crippen LogP contribution < -0.4 is 0 Å². The Labute approximate surface area is 120 Å². The number of allylic oxidation sites excluding steroid dienone is 1. The van der Waals surface area contributed by atoms with E-state index in [0.29, 0.717) is 0 Å². The maximum Gasteiger partial charge on any atom is 0.0568 e. The lowest BCUT2D eigenvalue weighted by molar-refractivity contribution is 1.25. The van der Waals surface area contributed by atoms with Crippen LogP contribution in [0.2, 0.25) is 0 Å². The molecule has 100 valence electrons. The molecule has 0 fully saturated rings. The Bertz CT molecular complexity index is 605. The molecule has 0 aliphatic rings. The maximum atomic E-state index is 4.06. The minimum absolute atomic E-state index is 0.892. The molecule has 2 aromatic carbocycles. The molecule has 2 rings (SSSR count). The molecule has 0 radical (unpaired) electrons. The summed E-state index contributed by atoms with van der Waals surface area (Å²) in [7, 11) is 0. The minimum Gasteiger partial charge on any atom is -0.159 e. The summed E-state index contributed by atoms with van der Waals surface area (Å²) in [6.07, 6.45) is 6.29.